The predicted octanol–water partition coefficient (Wildman–Crippen LogP) is 1.71. The van der Waals surface area contributed by atoms with Crippen molar-refractivity contribution in [2.24, 2.45) is 0 Å². The van der Waals surface area contributed by atoms with Crippen molar-refractivity contribution in [1.29, 1.82) is 0 Å². The normalized spacial score (nSPS) is 21.9. The molecule has 0 unspecified atom stereocenters. The lowest BCUT2D eigenvalue weighted by atomic mass is 9.89. The topological polar surface area (TPSA) is 99.3 Å². The van der Waals surface area contributed by atoms with Crippen LogP contribution in [0.15, 0.2) is 42.6 Å². The Morgan fingerprint density at radius 1 is 1.19 bits per heavy atom. The van der Waals surface area contributed by atoms with Crippen molar-refractivity contribution in [3.05, 3.63) is 65.1 Å². The van der Waals surface area contributed by atoms with E-state index in [1.54, 1.807) is 0 Å². The number of aromatic nitrogens is 2. The smallest absolute Gasteiger partial charge is 0.161 e. The molecule has 1 aliphatic heterocycles. The maximum Gasteiger partial charge on any atom is 0.161 e. The minimum absolute atomic E-state index is 0.110. The molecule has 0 bridgehead atoms. The van der Waals surface area contributed by atoms with Gasteiger partial charge < -0.3 is 25.4 Å². The molecule has 0 fully saturated rings. The Hall–Kier alpha value is -2.45. The van der Waals surface area contributed by atoms with Gasteiger partial charge in [-0.1, -0.05) is 30.3 Å². The fourth-order valence-corrected chi connectivity index (χ4v) is 3.77. The summed E-state index contributed by atoms with van der Waals surface area (Å²) in [6.45, 7) is 1.75. The minimum atomic E-state index is -0.831. The number of rotatable bonds is 5. The highest BCUT2D eigenvalue weighted by molar-refractivity contribution is 5.75. The van der Waals surface area contributed by atoms with Crippen molar-refractivity contribution in [1.82, 2.24) is 9.38 Å². The number of aryl methyl sites for hydroxylation is 1. The molecule has 3 heterocycles. The van der Waals surface area contributed by atoms with Crippen LogP contribution in [0.5, 0.6) is 0 Å². The second-order valence-electron chi connectivity index (χ2n) is 6.68. The summed E-state index contributed by atoms with van der Waals surface area (Å²) in [6, 6.07) is 11.2. The molecule has 1 aromatic carbocycles. The molecule has 0 saturated heterocycles. The molecule has 4 N–H and O–H groups in total. The van der Waals surface area contributed by atoms with Gasteiger partial charge in [0.25, 0.3) is 0 Å². The predicted molar refractivity (Wildman–Crippen MR) is 100 cm³/mol. The Bertz CT molecular complexity index is 941. The number of ether oxygens (including phenoxy) is 1. The second kappa shape index (κ2) is 7.28. The third-order valence-corrected chi connectivity index (χ3v) is 5.08. The number of benzene rings is 1. The lowest BCUT2D eigenvalue weighted by Gasteiger charge is -2.38. The van der Waals surface area contributed by atoms with E-state index < -0.39 is 12.2 Å². The molecule has 0 amide bonds. The van der Waals surface area contributed by atoms with Crippen molar-refractivity contribution < 1.29 is 20.1 Å². The summed E-state index contributed by atoms with van der Waals surface area (Å²) in [5.41, 5.74) is 4.64. The van der Waals surface area contributed by atoms with Crippen molar-refractivity contribution in [3.63, 3.8) is 0 Å². The van der Waals surface area contributed by atoms with Gasteiger partial charge in [-0.15, -0.1) is 0 Å². The van der Waals surface area contributed by atoms with E-state index in [1.807, 2.05) is 53.9 Å². The van der Waals surface area contributed by atoms with Crippen LogP contribution in [0.2, 0.25) is 0 Å². The molecule has 3 atom stereocenters. The summed E-state index contributed by atoms with van der Waals surface area (Å²) in [5, 5.41) is 33.3. The summed E-state index contributed by atoms with van der Waals surface area (Å²) >= 11 is 0. The number of pyridine rings is 1. The van der Waals surface area contributed by atoms with Crippen LogP contribution in [0.4, 0.5) is 5.69 Å². The third-order valence-electron chi connectivity index (χ3n) is 5.08. The zero-order valence-corrected chi connectivity index (χ0v) is 15.0. The van der Waals surface area contributed by atoms with E-state index in [-0.39, 0.29) is 25.9 Å². The monoisotopic (exact) mass is 369 g/mol. The van der Waals surface area contributed by atoms with E-state index in [0.29, 0.717) is 5.65 Å². The molecule has 4 rings (SSSR count). The summed E-state index contributed by atoms with van der Waals surface area (Å²) < 4.78 is 7.66. The van der Waals surface area contributed by atoms with Crippen molar-refractivity contribution >= 4 is 11.3 Å². The Morgan fingerprint density at radius 2 is 1.96 bits per heavy atom. The van der Waals surface area contributed by atoms with Gasteiger partial charge >= 0.3 is 0 Å². The number of anilines is 1. The fourth-order valence-electron chi connectivity index (χ4n) is 3.77. The Morgan fingerprint density at radius 3 is 2.67 bits per heavy atom. The van der Waals surface area contributed by atoms with E-state index in [4.69, 9.17) is 4.74 Å². The molecule has 7 heteroatoms. The van der Waals surface area contributed by atoms with E-state index in [0.717, 1.165) is 28.2 Å². The maximum atomic E-state index is 11.0. The van der Waals surface area contributed by atoms with Crippen LogP contribution >= 0.6 is 0 Å². The number of aliphatic hydroxyl groups is 3. The lowest BCUT2D eigenvalue weighted by Crippen LogP contribution is -2.38. The van der Waals surface area contributed by atoms with Crippen molar-refractivity contribution in [3.8, 4) is 0 Å². The van der Waals surface area contributed by atoms with Gasteiger partial charge in [-0.05, 0) is 18.6 Å². The van der Waals surface area contributed by atoms with Gasteiger partial charge in [0.1, 0.15) is 12.2 Å². The molecule has 142 valence electrons. The minimum Gasteiger partial charge on any atom is -0.394 e. The van der Waals surface area contributed by atoms with Gasteiger partial charge in [-0.2, -0.15) is 0 Å². The van der Waals surface area contributed by atoms with Gasteiger partial charge in [-0.3, -0.25) is 4.40 Å². The molecule has 1 aliphatic rings. The average molecular weight is 369 g/mol. The summed E-state index contributed by atoms with van der Waals surface area (Å²) in [4.78, 5) is 4.62. The molecule has 7 nitrogen and oxygen atoms in total. The molecule has 3 aromatic rings. The van der Waals surface area contributed by atoms with Crippen LogP contribution in [-0.2, 0) is 11.3 Å². The summed E-state index contributed by atoms with van der Waals surface area (Å²) in [6.07, 6.45) is 0.396. The van der Waals surface area contributed by atoms with Crippen LogP contribution in [0, 0.1) is 6.92 Å². The van der Waals surface area contributed by atoms with E-state index in [2.05, 4.69) is 10.3 Å². The Kier molecular flexibility index (Phi) is 4.84. The number of nitrogens with one attached hydrogen (secondary N) is 1. The zero-order chi connectivity index (χ0) is 19.0. The van der Waals surface area contributed by atoms with Crippen molar-refractivity contribution in [2.45, 2.75) is 31.8 Å². The largest absolute Gasteiger partial charge is 0.394 e. The molecule has 27 heavy (non-hydrogen) atoms. The van der Waals surface area contributed by atoms with Crippen LogP contribution < -0.4 is 5.32 Å². The highest BCUT2D eigenvalue weighted by Crippen LogP contribution is 2.43. The quantitative estimate of drug-likeness (QED) is 0.547. The Balaban J connectivity index is 1.87. The molecule has 0 radical (unpaired) electrons. The molecular weight excluding hydrogens is 346 g/mol. The summed E-state index contributed by atoms with van der Waals surface area (Å²) in [7, 11) is 0. The highest BCUT2D eigenvalue weighted by atomic mass is 16.5. The SMILES string of the molecule is Cc1nc2c3c(ccn2c1CO)[C@@H](OCCO)[C@H](O)[C@@H](c1ccccc1)N3. The standard InChI is InChI=1S/C20H23N3O4/c1-12-15(11-25)23-8-7-14-17(20(23)21-12)22-16(13-5-3-2-4-6-13)18(26)19(14)27-10-9-24/h2-8,16,18-19,22,24-26H,9-11H2,1H3/t16-,18-,19-/m1/s1. The van der Waals surface area contributed by atoms with Gasteiger partial charge in [0, 0.05) is 11.8 Å². The first-order valence-corrected chi connectivity index (χ1v) is 8.99. The zero-order valence-electron chi connectivity index (χ0n) is 15.0. The van der Waals surface area contributed by atoms with E-state index >= 15 is 0 Å². The van der Waals surface area contributed by atoms with Crippen molar-refractivity contribution in [2.75, 3.05) is 18.5 Å². The van der Waals surface area contributed by atoms with E-state index in [1.165, 1.54) is 0 Å². The molecule has 0 saturated carbocycles. The first-order valence-electron chi connectivity index (χ1n) is 8.99. The third kappa shape index (κ3) is 2.98. The van der Waals surface area contributed by atoms with Gasteiger partial charge in [0.15, 0.2) is 5.65 Å². The van der Waals surface area contributed by atoms with Crippen LogP contribution in [-0.4, -0.2) is 44.0 Å². The number of imidazole rings is 1. The first kappa shape index (κ1) is 17.9. The number of nitrogens with zero attached hydrogens (tertiary/aromatic N) is 2. The molecule has 2 aromatic heterocycles. The molecule has 0 aliphatic carbocycles. The number of hydrogen-bond donors (Lipinski definition) is 4. The average Bonchev–Trinajstić information content (AvgIpc) is 3.02. The lowest BCUT2D eigenvalue weighted by molar-refractivity contribution is -0.0597. The Labute approximate surface area is 156 Å². The fraction of sp³-hybridized carbons (Fsp3) is 0.350. The highest BCUT2D eigenvalue weighted by Gasteiger charge is 2.38. The van der Waals surface area contributed by atoms with E-state index in [9.17, 15) is 15.3 Å². The number of aliphatic hydroxyl groups excluding tert-OH is 3. The second-order valence-corrected chi connectivity index (χ2v) is 6.68. The van der Waals surface area contributed by atoms with Gasteiger partial charge in [0.05, 0.1) is 42.9 Å². The van der Waals surface area contributed by atoms with Crippen LogP contribution in [0.1, 0.15) is 34.7 Å². The molecule has 0 spiro atoms. The van der Waals surface area contributed by atoms with Gasteiger partial charge in [0.2, 0.25) is 0 Å². The van der Waals surface area contributed by atoms with Crippen LogP contribution in [0.3, 0.4) is 0 Å². The first-order chi connectivity index (χ1) is 13.2. The van der Waals surface area contributed by atoms with Gasteiger partial charge in [-0.25, -0.2) is 4.98 Å². The number of hydrogen-bond acceptors (Lipinski definition) is 6. The van der Waals surface area contributed by atoms with Crippen LogP contribution in [0.25, 0.3) is 5.65 Å². The summed E-state index contributed by atoms with van der Waals surface area (Å²) in [5.74, 6) is 0. The maximum absolute atomic E-state index is 11.0. The number of fused-ring (bicyclic) bond motifs is 3. The molecular formula is C20H23N3O4.